The summed E-state index contributed by atoms with van der Waals surface area (Å²) in [7, 11) is 0. The van der Waals surface area contributed by atoms with Crippen LogP contribution >= 0.6 is 0 Å². The predicted molar refractivity (Wildman–Crippen MR) is 309 cm³/mol. The molecule has 11 aromatic rings. The fourth-order valence-electron chi connectivity index (χ4n) is 14.9. The number of fused-ring (bicyclic) bond motifs is 8. The monoisotopic (exact) mass is 951 g/mol. The van der Waals surface area contributed by atoms with Crippen LogP contribution in [0.15, 0.2) is 231 Å². The second-order valence-electron chi connectivity index (χ2n) is 22.1. The van der Waals surface area contributed by atoms with Crippen molar-refractivity contribution in [3.8, 4) is 27.9 Å². The van der Waals surface area contributed by atoms with E-state index >= 15 is 0 Å². The molecule has 1 fully saturated rings. The number of hydrogen-bond donors (Lipinski definition) is 0. The highest BCUT2D eigenvalue weighted by atomic mass is 15.2. The first-order chi connectivity index (χ1) is 36.4. The maximum absolute atomic E-state index is 2.64. The largest absolute Gasteiger partial charge is 0.310 e. The van der Waals surface area contributed by atoms with Crippen LogP contribution in [0.5, 0.6) is 0 Å². The van der Waals surface area contributed by atoms with Gasteiger partial charge in [0.2, 0.25) is 0 Å². The van der Waals surface area contributed by atoms with E-state index in [9.17, 15) is 0 Å². The molecule has 0 aliphatic heterocycles. The molecule has 74 heavy (non-hydrogen) atoms. The van der Waals surface area contributed by atoms with Gasteiger partial charge >= 0.3 is 0 Å². The van der Waals surface area contributed by atoms with Gasteiger partial charge in [0.25, 0.3) is 0 Å². The lowest BCUT2D eigenvalue weighted by atomic mass is 9.68. The topological polar surface area (TPSA) is 11.4 Å². The molecular formula is C71H57N3. The second kappa shape index (κ2) is 16.3. The van der Waals surface area contributed by atoms with E-state index in [1.807, 2.05) is 0 Å². The first-order valence-electron chi connectivity index (χ1n) is 26.8. The Morgan fingerprint density at radius 3 is 1.66 bits per heavy atom. The van der Waals surface area contributed by atoms with Gasteiger partial charge in [-0.2, -0.15) is 0 Å². The zero-order chi connectivity index (χ0) is 49.3. The average Bonchev–Trinajstić information content (AvgIpc) is 4.21. The van der Waals surface area contributed by atoms with Crippen molar-refractivity contribution in [1.29, 1.82) is 0 Å². The molecule has 0 N–H and O–H groups in total. The summed E-state index contributed by atoms with van der Waals surface area (Å²) in [6.07, 6.45) is 4.59. The second-order valence-corrected chi connectivity index (χ2v) is 22.1. The van der Waals surface area contributed by atoms with Crippen LogP contribution in [-0.2, 0) is 23.7 Å². The molecular weight excluding hydrogens is 895 g/mol. The van der Waals surface area contributed by atoms with Gasteiger partial charge in [0.1, 0.15) is 0 Å². The fourth-order valence-corrected chi connectivity index (χ4v) is 14.9. The van der Waals surface area contributed by atoms with Crippen LogP contribution in [0.4, 0.5) is 34.1 Å². The molecule has 3 unspecified atom stereocenters. The highest BCUT2D eigenvalue weighted by Gasteiger charge is 2.62. The number of aromatic nitrogens is 1. The summed E-state index contributed by atoms with van der Waals surface area (Å²) in [5.41, 5.74) is 25.8. The van der Waals surface area contributed by atoms with Gasteiger partial charge in [0, 0.05) is 50.0 Å². The smallest absolute Gasteiger partial charge is 0.0561 e. The molecule has 1 spiro atoms. The highest BCUT2D eigenvalue weighted by molar-refractivity contribution is 6.10. The molecule has 15 rings (SSSR count). The number of benzene rings is 10. The molecule has 1 saturated carbocycles. The molecule has 3 heteroatoms. The fraction of sp³-hybridized carbons (Fsp3) is 0.155. The number of nitrogens with zero attached hydrogens (tertiary/aromatic N) is 3. The summed E-state index contributed by atoms with van der Waals surface area (Å²) in [6.45, 7) is 7.01. The lowest BCUT2D eigenvalue weighted by Gasteiger charge is -2.40. The number of rotatable bonds is 8. The van der Waals surface area contributed by atoms with Crippen molar-refractivity contribution in [3.05, 3.63) is 269 Å². The zero-order valence-corrected chi connectivity index (χ0v) is 42.3. The minimum absolute atomic E-state index is 0.190. The molecule has 3 nitrogen and oxygen atoms in total. The summed E-state index contributed by atoms with van der Waals surface area (Å²) in [5, 5.41) is 2.53. The van der Waals surface area contributed by atoms with Gasteiger partial charge in [-0.25, -0.2) is 0 Å². The molecule has 4 aliphatic carbocycles. The third-order valence-electron chi connectivity index (χ3n) is 17.9. The average molecular weight is 952 g/mol. The van der Waals surface area contributed by atoms with Crippen LogP contribution in [0, 0.1) is 18.8 Å². The standard InChI is InChI=1S/C71H57N3/c1-46-33-37-54(38-34-46)74-63-30-16-14-27-57(63)58-40-39-55(45-66(58)74)72(52-23-9-5-10-24-52)64-31-17-21-48-41-50-35-36-51-42-49-22-18-32-65(69(49)71(50,51)68(48)64)73(53-25-11-6-12-26-53)56-43-60(47-19-7-4-8-20-47)67-59-28-13-15-29-61(59)70(2,3)62(67)44-56/h4-34,37-40,43-45,50-51H,35-36,41-42H2,1-3H3. The van der Waals surface area contributed by atoms with Gasteiger partial charge in [-0.3, -0.25) is 0 Å². The van der Waals surface area contributed by atoms with Crippen LogP contribution in [0.1, 0.15) is 65.6 Å². The van der Waals surface area contributed by atoms with Gasteiger partial charge in [0.15, 0.2) is 0 Å². The van der Waals surface area contributed by atoms with E-state index in [2.05, 4.69) is 266 Å². The summed E-state index contributed by atoms with van der Waals surface area (Å²) in [4.78, 5) is 5.24. The molecule has 1 aromatic heterocycles. The molecule has 10 aromatic carbocycles. The Balaban J connectivity index is 0.974. The van der Waals surface area contributed by atoms with E-state index in [1.165, 1.54) is 130 Å². The molecule has 0 radical (unpaired) electrons. The van der Waals surface area contributed by atoms with Crippen molar-refractivity contribution >= 4 is 55.9 Å². The summed E-state index contributed by atoms with van der Waals surface area (Å²) < 4.78 is 2.47. The lowest BCUT2D eigenvalue weighted by Crippen LogP contribution is -2.34. The van der Waals surface area contributed by atoms with Gasteiger partial charge in [0.05, 0.1) is 22.4 Å². The van der Waals surface area contributed by atoms with Crippen LogP contribution in [-0.4, -0.2) is 4.57 Å². The SMILES string of the molecule is Cc1ccc(-n2c3ccccc3c3ccc(N(c4ccccc4)c4cccc5c4C46c7c(cccc7N(c7ccccc7)c7cc(-c8ccccc8)c8c(c7)C(C)(C)c7ccccc7-8)CC4CCC6C5)cc32)cc1. The Morgan fingerprint density at radius 1 is 0.432 bits per heavy atom. The normalized spacial score (nSPS) is 18.4. The third-order valence-corrected chi connectivity index (χ3v) is 17.9. The zero-order valence-electron chi connectivity index (χ0n) is 42.3. The van der Waals surface area contributed by atoms with Gasteiger partial charge in [-0.05, 0) is 179 Å². The van der Waals surface area contributed by atoms with Crippen LogP contribution < -0.4 is 9.80 Å². The predicted octanol–water partition coefficient (Wildman–Crippen LogP) is 18.4. The van der Waals surface area contributed by atoms with Crippen molar-refractivity contribution < 1.29 is 0 Å². The minimum Gasteiger partial charge on any atom is -0.310 e. The van der Waals surface area contributed by atoms with E-state index in [1.54, 1.807) is 0 Å². The van der Waals surface area contributed by atoms with Gasteiger partial charge in [-0.15, -0.1) is 0 Å². The van der Waals surface area contributed by atoms with E-state index < -0.39 is 0 Å². The maximum Gasteiger partial charge on any atom is 0.0561 e. The van der Waals surface area contributed by atoms with Gasteiger partial charge in [-0.1, -0.05) is 171 Å². The molecule has 0 saturated heterocycles. The summed E-state index contributed by atoms with van der Waals surface area (Å²) in [5.74, 6) is 0.947. The Morgan fingerprint density at radius 2 is 1.00 bits per heavy atom. The number of hydrogen-bond acceptors (Lipinski definition) is 2. The van der Waals surface area contributed by atoms with Crippen LogP contribution in [0.3, 0.4) is 0 Å². The van der Waals surface area contributed by atoms with E-state index in [-0.39, 0.29) is 10.8 Å². The summed E-state index contributed by atoms with van der Waals surface area (Å²) >= 11 is 0. The Hall–Kier alpha value is -8.40. The van der Waals surface area contributed by atoms with Crippen LogP contribution in [0.2, 0.25) is 0 Å². The van der Waals surface area contributed by atoms with Crippen molar-refractivity contribution in [2.45, 2.75) is 57.3 Å². The Bertz CT molecular complexity index is 4010. The first kappa shape index (κ1) is 43.2. The quantitative estimate of drug-likeness (QED) is 0.150. The van der Waals surface area contributed by atoms with E-state index in [0.29, 0.717) is 11.8 Å². The third kappa shape index (κ3) is 6.13. The van der Waals surface area contributed by atoms with E-state index in [4.69, 9.17) is 0 Å². The molecule has 4 aliphatic rings. The summed E-state index contributed by atoms with van der Waals surface area (Å²) in [6, 6.07) is 87.3. The molecule has 0 amide bonds. The molecule has 356 valence electrons. The lowest BCUT2D eigenvalue weighted by molar-refractivity contribution is 0.350. The number of anilines is 6. The van der Waals surface area contributed by atoms with Crippen molar-refractivity contribution in [2.24, 2.45) is 11.8 Å². The van der Waals surface area contributed by atoms with Crippen molar-refractivity contribution in [2.75, 3.05) is 9.80 Å². The molecule has 3 atom stereocenters. The number of aryl methyl sites for hydroxylation is 1. The molecule has 1 heterocycles. The minimum atomic E-state index is -0.201. The maximum atomic E-state index is 2.64. The van der Waals surface area contributed by atoms with E-state index in [0.717, 1.165) is 18.5 Å². The highest BCUT2D eigenvalue weighted by Crippen LogP contribution is 2.69. The van der Waals surface area contributed by atoms with Crippen molar-refractivity contribution in [3.63, 3.8) is 0 Å². The molecule has 0 bridgehead atoms. The van der Waals surface area contributed by atoms with Crippen LogP contribution in [0.25, 0.3) is 49.7 Å². The van der Waals surface area contributed by atoms with Gasteiger partial charge < -0.3 is 14.4 Å². The Kier molecular flexibility index (Phi) is 9.52. The Labute approximate surface area is 434 Å². The van der Waals surface area contributed by atoms with Crippen molar-refractivity contribution in [1.82, 2.24) is 4.57 Å². The first-order valence-corrected chi connectivity index (χ1v) is 26.8. The number of para-hydroxylation sites is 3.